The first-order chi connectivity index (χ1) is 8.27. The Balaban J connectivity index is 2.45. The van der Waals surface area contributed by atoms with E-state index in [1.165, 1.54) is 0 Å². The molecule has 0 saturated heterocycles. The monoisotopic (exact) mass is 255 g/mol. The van der Waals surface area contributed by atoms with E-state index >= 15 is 0 Å². The number of carbonyl (C=O) groups excluding carboxylic acids is 1. The van der Waals surface area contributed by atoms with Crippen LogP contribution in [0.5, 0.6) is 5.75 Å². The third kappa shape index (κ3) is 5.09. The molecule has 0 heterocycles. The van der Waals surface area contributed by atoms with Crippen LogP contribution in [-0.2, 0) is 4.79 Å². The molecule has 0 radical (unpaired) electrons. The molecule has 1 aromatic carbocycles. The van der Waals surface area contributed by atoms with Crippen LogP contribution in [0.2, 0.25) is 0 Å². The molecule has 94 valence electrons. The Hall–Kier alpha value is -1.22. The number of alkyl halides is 1. The van der Waals surface area contributed by atoms with E-state index in [0.717, 1.165) is 6.42 Å². The normalized spacial score (nSPS) is 11.9. The molecule has 0 aliphatic carbocycles. The molecule has 1 aromatic rings. The number of amides is 1. The molecule has 0 spiro atoms. The number of nitrogens with one attached hydrogen (secondary N) is 1. The summed E-state index contributed by atoms with van der Waals surface area (Å²) in [4.78, 5) is 11.8. The number of ether oxygens (including phenoxy) is 1. The first-order valence-corrected chi connectivity index (χ1v) is 6.36. The highest BCUT2D eigenvalue weighted by Crippen LogP contribution is 2.12. The average Bonchev–Trinajstić information content (AvgIpc) is 2.37. The number of carbonyl (C=O) groups is 1. The Morgan fingerprint density at radius 2 is 2.12 bits per heavy atom. The van der Waals surface area contributed by atoms with E-state index in [1.807, 2.05) is 37.3 Å². The van der Waals surface area contributed by atoms with Crippen LogP contribution in [0.1, 0.15) is 19.8 Å². The van der Waals surface area contributed by atoms with Gasteiger partial charge in [0.05, 0.1) is 0 Å². The van der Waals surface area contributed by atoms with Crippen molar-refractivity contribution in [2.45, 2.75) is 25.9 Å². The molecule has 1 N–H and O–H groups in total. The van der Waals surface area contributed by atoms with Crippen molar-refractivity contribution in [1.82, 2.24) is 5.32 Å². The van der Waals surface area contributed by atoms with E-state index in [9.17, 15) is 4.79 Å². The molecular weight excluding hydrogens is 238 g/mol. The molecule has 17 heavy (non-hydrogen) atoms. The second-order valence-electron chi connectivity index (χ2n) is 3.66. The summed E-state index contributed by atoms with van der Waals surface area (Å²) in [6.45, 7) is 2.52. The van der Waals surface area contributed by atoms with Gasteiger partial charge in [-0.05, 0) is 25.0 Å². The van der Waals surface area contributed by atoms with Gasteiger partial charge in [0.25, 0.3) is 5.91 Å². The number of halogens is 1. The van der Waals surface area contributed by atoms with E-state index in [0.29, 0.717) is 24.6 Å². The summed E-state index contributed by atoms with van der Waals surface area (Å²) in [5.74, 6) is 1.18. The fourth-order valence-corrected chi connectivity index (χ4v) is 1.51. The molecule has 3 nitrogen and oxygen atoms in total. The van der Waals surface area contributed by atoms with Gasteiger partial charge in [0, 0.05) is 12.4 Å². The second-order valence-corrected chi connectivity index (χ2v) is 4.04. The first kappa shape index (κ1) is 13.8. The summed E-state index contributed by atoms with van der Waals surface area (Å²) >= 11 is 5.55. The number of benzene rings is 1. The van der Waals surface area contributed by atoms with Crippen molar-refractivity contribution in [3.8, 4) is 5.75 Å². The number of hydrogen-bond acceptors (Lipinski definition) is 2. The predicted molar refractivity (Wildman–Crippen MR) is 69.5 cm³/mol. The van der Waals surface area contributed by atoms with Crippen LogP contribution in [0, 0.1) is 0 Å². The van der Waals surface area contributed by atoms with Crippen molar-refractivity contribution in [2.24, 2.45) is 0 Å². The highest BCUT2D eigenvalue weighted by atomic mass is 35.5. The molecule has 0 bridgehead atoms. The molecule has 0 fully saturated rings. The number of para-hydroxylation sites is 1. The summed E-state index contributed by atoms with van der Waals surface area (Å²) in [6, 6.07) is 9.36. The van der Waals surface area contributed by atoms with Gasteiger partial charge in [0.2, 0.25) is 0 Å². The van der Waals surface area contributed by atoms with Crippen LogP contribution < -0.4 is 10.1 Å². The molecule has 1 atom stereocenters. The van der Waals surface area contributed by atoms with Gasteiger partial charge in [0.1, 0.15) is 5.75 Å². The van der Waals surface area contributed by atoms with Crippen LogP contribution >= 0.6 is 11.6 Å². The van der Waals surface area contributed by atoms with Crippen molar-refractivity contribution in [1.29, 1.82) is 0 Å². The number of hydrogen-bond donors (Lipinski definition) is 1. The molecule has 0 saturated carbocycles. The molecule has 0 aliphatic heterocycles. The van der Waals surface area contributed by atoms with Gasteiger partial charge in [-0.25, -0.2) is 0 Å². The highest BCUT2D eigenvalue weighted by Gasteiger charge is 2.17. The summed E-state index contributed by atoms with van der Waals surface area (Å²) in [5.41, 5.74) is 0. The molecule has 1 amide bonds. The summed E-state index contributed by atoms with van der Waals surface area (Å²) in [7, 11) is 0. The Labute approximate surface area is 107 Å². The maximum Gasteiger partial charge on any atom is 0.261 e. The van der Waals surface area contributed by atoms with E-state index < -0.39 is 6.10 Å². The van der Waals surface area contributed by atoms with Crippen molar-refractivity contribution in [2.75, 3.05) is 12.4 Å². The van der Waals surface area contributed by atoms with E-state index in [-0.39, 0.29) is 5.91 Å². The SMILES string of the molecule is CCC(Oc1ccccc1)C(=O)NCCCCl. The molecule has 0 aliphatic rings. The molecular formula is C13H18ClNO2. The lowest BCUT2D eigenvalue weighted by Crippen LogP contribution is -2.38. The zero-order valence-electron chi connectivity index (χ0n) is 9.99. The quantitative estimate of drug-likeness (QED) is 0.601. The predicted octanol–water partition coefficient (Wildman–Crippen LogP) is 2.59. The summed E-state index contributed by atoms with van der Waals surface area (Å²) in [6.07, 6.45) is 0.976. The van der Waals surface area contributed by atoms with E-state index in [1.54, 1.807) is 0 Å². The Morgan fingerprint density at radius 1 is 1.41 bits per heavy atom. The zero-order chi connectivity index (χ0) is 12.5. The van der Waals surface area contributed by atoms with Gasteiger partial charge in [-0.2, -0.15) is 0 Å². The summed E-state index contributed by atoms with van der Waals surface area (Å²) in [5, 5.41) is 2.81. The minimum absolute atomic E-state index is 0.0820. The lowest BCUT2D eigenvalue weighted by Gasteiger charge is -2.17. The average molecular weight is 256 g/mol. The minimum atomic E-state index is -0.437. The standard InChI is InChI=1S/C13H18ClNO2/c1-2-12(13(16)15-10-6-9-14)17-11-7-4-3-5-8-11/h3-5,7-8,12H,2,6,9-10H2,1H3,(H,15,16). The van der Waals surface area contributed by atoms with Gasteiger partial charge in [0.15, 0.2) is 6.10 Å². The van der Waals surface area contributed by atoms with E-state index in [2.05, 4.69) is 5.32 Å². The smallest absolute Gasteiger partial charge is 0.261 e. The van der Waals surface area contributed by atoms with Gasteiger partial charge in [-0.3, -0.25) is 4.79 Å². The fourth-order valence-electron chi connectivity index (χ4n) is 1.38. The van der Waals surface area contributed by atoms with Crippen LogP contribution in [-0.4, -0.2) is 24.4 Å². The Kier molecular flexibility index (Phi) is 6.48. The zero-order valence-corrected chi connectivity index (χ0v) is 10.7. The fraction of sp³-hybridized carbons (Fsp3) is 0.462. The Bertz CT molecular complexity index is 329. The second kappa shape index (κ2) is 7.96. The topological polar surface area (TPSA) is 38.3 Å². The first-order valence-electron chi connectivity index (χ1n) is 5.83. The lowest BCUT2D eigenvalue weighted by atomic mass is 10.2. The molecule has 0 aromatic heterocycles. The van der Waals surface area contributed by atoms with Gasteiger partial charge in [-0.15, -0.1) is 11.6 Å². The van der Waals surface area contributed by atoms with Crippen LogP contribution in [0.25, 0.3) is 0 Å². The molecule has 1 unspecified atom stereocenters. The number of rotatable bonds is 7. The van der Waals surface area contributed by atoms with Gasteiger partial charge in [-0.1, -0.05) is 25.1 Å². The van der Waals surface area contributed by atoms with Crippen molar-refractivity contribution in [3.63, 3.8) is 0 Å². The minimum Gasteiger partial charge on any atom is -0.481 e. The Morgan fingerprint density at radius 3 is 2.71 bits per heavy atom. The third-order valence-corrected chi connectivity index (χ3v) is 2.56. The maximum absolute atomic E-state index is 11.8. The van der Waals surface area contributed by atoms with Crippen LogP contribution in [0.3, 0.4) is 0 Å². The van der Waals surface area contributed by atoms with Crippen LogP contribution in [0.15, 0.2) is 30.3 Å². The third-order valence-electron chi connectivity index (χ3n) is 2.29. The van der Waals surface area contributed by atoms with Gasteiger partial charge < -0.3 is 10.1 Å². The highest BCUT2D eigenvalue weighted by molar-refractivity contribution is 6.17. The summed E-state index contributed by atoms with van der Waals surface area (Å²) < 4.78 is 5.61. The van der Waals surface area contributed by atoms with Crippen LogP contribution in [0.4, 0.5) is 0 Å². The molecule has 1 rings (SSSR count). The molecule has 4 heteroatoms. The van der Waals surface area contributed by atoms with Crippen molar-refractivity contribution >= 4 is 17.5 Å². The largest absolute Gasteiger partial charge is 0.481 e. The van der Waals surface area contributed by atoms with Crippen molar-refractivity contribution in [3.05, 3.63) is 30.3 Å². The van der Waals surface area contributed by atoms with Gasteiger partial charge >= 0.3 is 0 Å². The van der Waals surface area contributed by atoms with E-state index in [4.69, 9.17) is 16.3 Å². The maximum atomic E-state index is 11.8. The van der Waals surface area contributed by atoms with Crippen molar-refractivity contribution < 1.29 is 9.53 Å². The lowest BCUT2D eigenvalue weighted by molar-refractivity contribution is -0.128.